The van der Waals surface area contributed by atoms with Gasteiger partial charge in [-0.15, -0.1) is 0 Å². The number of fused-ring (bicyclic) bond motifs is 1. The largest absolute Gasteiger partial charge is 0.324 e. The van der Waals surface area contributed by atoms with Gasteiger partial charge in [0.1, 0.15) is 0 Å². The van der Waals surface area contributed by atoms with Crippen molar-refractivity contribution >= 4 is 38.6 Å². The summed E-state index contributed by atoms with van der Waals surface area (Å²) in [5.41, 5.74) is 2.63. The third-order valence-corrected chi connectivity index (χ3v) is 4.21. The standard InChI is InChI=1S/C16H14BrN3O2/c1-9(10-5-3-2-4-6-10)15(21)18-12-8-14-13(7-11(12)17)19-16(22)20-14/h2-9H,1H3,(H,18,21)(H2,19,20,22)/t9-/m1/s1. The Morgan fingerprint density at radius 3 is 2.45 bits per heavy atom. The molecule has 3 aromatic rings. The van der Waals surface area contributed by atoms with Gasteiger partial charge in [-0.2, -0.15) is 0 Å². The van der Waals surface area contributed by atoms with Gasteiger partial charge in [0, 0.05) is 4.47 Å². The molecule has 0 aliphatic heterocycles. The molecule has 0 radical (unpaired) electrons. The van der Waals surface area contributed by atoms with Crippen LogP contribution < -0.4 is 11.0 Å². The van der Waals surface area contributed by atoms with Crippen molar-refractivity contribution in [2.24, 2.45) is 0 Å². The van der Waals surface area contributed by atoms with E-state index in [9.17, 15) is 9.59 Å². The van der Waals surface area contributed by atoms with E-state index in [0.717, 1.165) is 5.56 Å². The molecule has 1 aromatic heterocycles. The SMILES string of the molecule is C[C@@H](C(=O)Nc1cc2[nH]c(=O)[nH]c2cc1Br)c1ccccc1. The minimum atomic E-state index is -0.275. The molecule has 22 heavy (non-hydrogen) atoms. The highest BCUT2D eigenvalue weighted by Gasteiger charge is 2.16. The molecule has 6 heteroatoms. The molecular weight excluding hydrogens is 346 g/mol. The predicted molar refractivity (Wildman–Crippen MR) is 90.1 cm³/mol. The third-order valence-electron chi connectivity index (χ3n) is 3.55. The molecule has 1 amide bonds. The molecular formula is C16H14BrN3O2. The van der Waals surface area contributed by atoms with Crippen LogP contribution in [0, 0.1) is 0 Å². The number of aromatic nitrogens is 2. The fourth-order valence-corrected chi connectivity index (χ4v) is 2.73. The number of H-pyrrole nitrogens is 2. The van der Waals surface area contributed by atoms with Crippen LogP contribution in [0.4, 0.5) is 5.69 Å². The van der Waals surface area contributed by atoms with Crippen LogP contribution in [0.3, 0.4) is 0 Å². The van der Waals surface area contributed by atoms with Crippen molar-refractivity contribution in [2.75, 3.05) is 5.32 Å². The highest BCUT2D eigenvalue weighted by molar-refractivity contribution is 9.10. The highest BCUT2D eigenvalue weighted by atomic mass is 79.9. The van der Waals surface area contributed by atoms with E-state index < -0.39 is 0 Å². The smallest absolute Gasteiger partial charge is 0.323 e. The van der Waals surface area contributed by atoms with E-state index in [1.165, 1.54) is 0 Å². The second-order valence-corrected chi connectivity index (χ2v) is 5.93. The summed E-state index contributed by atoms with van der Waals surface area (Å²) in [5.74, 6) is -0.377. The zero-order valence-corrected chi connectivity index (χ0v) is 13.4. The number of benzene rings is 2. The zero-order valence-electron chi connectivity index (χ0n) is 11.8. The Morgan fingerprint density at radius 1 is 1.14 bits per heavy atom. The summed E-state index contributed by atoms with van der Waals surface area (Å²) in [5, 5.41) is 2.89. The maximum atomic E-state index is 12.4. The first kappa shape index (κ1) is 14.6. The summed E-state index contributed by atoms with van der Waals surface area (Å²) < 4.78 is 0.712. The predicted octanol–water partition coefficient (Wildman–Crippen LogP) is 3.36. The highest BCUT2D eigenvalue weighted by Crippen LogP contribution is 2.27. The van der Waals surface area contributed by atoms with Crippen LogP contribution in [0.25, 0.3) is 11.0 Å². The van der Waals surface area contributed by atoms with Gasteiger partial charge in [0.05, 0.1) is 22.6 Å². The minimum absolute atomic E-state index is 0.107. The van der Waals surface area contributed by atoms with Crippen molar-refractivity contribution in [1.82, 2.24) is 9.97 Å². The van der Waals surface area contributed by atoms with E-state index in [1.54, 1.807) is 12.1 Å². The first-order chi connectivity index (χ1) is 10.5. The average Bonchev–Trinajstić information content (AvgIpc) is 2.86. The van der Waals surface area contributed by atoms with Crippen LogP contribution in [0.2, 0.25) is 0 Å². The van der Waals surface area contributed by atoms with Crippen LogP contribution in [0.1, 0.15) is 18.4 Å². The maximum Gasteiger partial charge on any atom is 0.323 e. The fourth-order valence-electron chi connectivity index (χ4n) is 2.29. The number of anilines is 1. The number of hydrogen-bond acceptors (Lipinski definition) is 2. The molecule has 3 N–H and O–H groups in total. The lowest BCUT2D eigenvalue weighted by Gasteiger charge is -2.13. The Balaban J connectivity index is 1.87. The molecule has 0 aliphatic rings. The number of hydrogen-bond donors (Lipinski definition) is 3. The molecule has 0 fully saturated rings. The summed E-state index contributed by atoms with van der Waals surface area (Å²) in [6.45, 7) is 1.86. The van der Waals surface area contributed by atoms with Crippen molar-refractivity contribution in [2.45, 2.75) is 12.8 Å². The number of imidazole rings is 1. The number of carbonyl (C=O) groups is 1. The quantitative estimate of drug-likeness (QED) is 0.670. The van der Waals surface area contributed by atoms with E-state index in [1.807, 2.05) is 37.3 Å². The lowest BCUT2D eigenvalue weighted by atomic mass is 10.0. The summed E-state index contributed by atoms with van der Waals surface area (Å²) in [6.07, 6.45) is 0. The van der Waals surface area contributed by atoms with E-state index >= 15 is 0 Å². The molecule has 112 valence electrons. The Kier molecular flexibility index (Phi) is 3.85. The zero-order chi connectivity index (χ0) is 15.7. The molecule has 0 aliphatic carbocycles. The topological polar surface area (TPSA) is 77.8 Å². The van der Waals surface area contributed by atoms with Gasteiger partial charge < -0.3 is 15.3 Å². The van der Waals surface area contributed by atoms with Gasteiger partial charge in [-0.1, -0.05) is 30.3 Å². The second kappa shape index (κ2) is 5.81. The summed E-state index contributed by atoms with van der Waals surface area (Å²) in [7, 11) is 0. The van der Waals surface area contributed by atoms with E-state index in [2.05, 4.69) is 31.2 Å². The van der Waals surface area contributed by atoms with Crippen LogP contribution in [-0.4, -0.2) is 15.9 Å². The average molecular weight is 360 g/mol. The molecule has 0 bridgehead atoms. The van der Waals surface area contributed by atoms with Crippen LogP contribution in [0.15, 0.2) is 51.7 Å². The summed E-state index contributed by atoms with van der Waals surface area (Å²) >= 11 is 3.41. The number of halogens is 1. The van der Waals surface area contributed by atoms with Gasteiger partial charge in [-0.05, 0) is 40.5 Å². The number of carbonyl (C=O) groups excluding carboxylic acids is 1. The molecule has 5 nitrogen and oxygen atoms in total. The van der Waals surface area contributed by atoms with Crippen LogP contribution in [0.5, 0.6) is 0 Å². The lowest BCUT2D eigenvalue weighted by molar-refractivity contribution is -0.117. The maximum absolute atomic E-state index is 12.4. The lowest BCUT2D eigenvalue weighted by Crippen LogP contribution is -2.19. The van der Waals surface area contributed by atoms with Crippen molar-refractivity contribution in [3.63, 3.8) is 0 Å². The van der Waals surface area contributed by atoms with Crippen molar-refractivity contribution in [3.05, 3.63) is 63.0 Å². The van der Waals surface area contributed by atoms with Gasteiger partial charge in [0.15, 0.2) is 0 Å². The van der Waals surface area contributed by atoms with E-state index in [0.29, 0.717) is 21.2 Å². The van der Waals surface area contributed by atoms with Gasteiger partial charge in [-0.3, -0.25) is 4.79 Å². The van der Waals surface area contributed by atoms with Crippen molar-refractivity contribution in [3.8, 4) is 0 Å². The van der Waals surface area contributed by atoms with Crippen LogP contribution >= 0.6 is 15.9 Å². The molecule has 3 rings (SSSR count). The molecule has 0 saturated heterocycles. The fraction of sp³-hybridized carbons (Fsp3) is 0.125. The third kappa shape index (κ3) is 2.82. The van der Waals surface area contributed by atoms with E-state index in [4.69, 9.17) is 0 Å². The second-order valence-electron chi connectivity index (χ2n) is 5.08. The normalized spacial score (nSPS) is 12.3. The molecule has 0 spiro atoms. The first-order valence-electron chi connectivity index (χ1n) is 6.82. The molecule has 2 aromatic carbocycles. The Hall–Kier alpha value is -2.34. The molecule has 0 saturated carbocycles. The summed E-state index contributed by atoms with van der Waals surface area (Å²) in [6, 6.07) is 13.1. The van der Waals surface area contributed by atoms with Crippen molar-refractivity contribution < 1.29 is 4.79 Å². The van der Waals surface area contributed by atoms with E-state index in [-0.39, 0.29) is 17.5 Å². The molecule has 1 heterocycles. The van der Waals surface area contributed by atoms with Gasteiger partial charge in [0.2, 0.25) is 5.91 Å². The van der Waals surface area contributed by atoms with Gasteiger partial charge in [-0.25, -0.2) is 4.79 Å². The monoisotopic (exact) mass is 359 g/mol. The van der Waals surface area contributed by atoms with Gasteiger partial charge >= 0.3 is 5.69 Å². The number of aromatic amines is 2. The van der Waals surface area contributed by atoms with Gasteiger partial charge in [0.25, 0.3) is 0 Å². The van der Waals surface area contributed by atoms with Crippen LogP contribution in [-0.2, 0) is 4.79 Å². The Morgan fingerprint density at radius 2 is 1.77 bits per heavy atom. The Labute approximate surface area is 134 Å². The molecule has 0 unspecified atom stereocenters. The Bertz CT molecular complexity index is 883. The molecule has 1 atom stereocenters. The van der Waals surface area contributed by atoms with Crippen molar-refractivity contribution in [1.29, 1.82) is 0 Å². The number of rotatable bonds is 3. The number of nitrogens with one attached hydrogen (secondary N) is 3. The summed E-state index contributed by atoms with van der Waals surface area (Å²) in [4.78, 5) is 29.1. The minimum Gasteiger partial charge on any atom is -0.324 e. The first-order valence-corrected chi connectivity index (χ1v) is 7.61. The number of amides is 1.